The molecule has 1 aliphatic heterocycles. The molecule has 2 heterocycles. The number of aromatic amines is 1. The minimum absolute atomic E-state index is 0.0712. The average Bonchev–Trinajstić information content (AvgIpc) is 2.82. The summed E-state index contributed by atoms with van der Waals surface area (Å²) in [6.45, 7) is 1.99. The molecular formula is C11H14N2OSe. The molecule has 3 nitrogen and oxygen atoms in total. The fraction of sp³-hybridized carbons (Fsp3) is 0.455. The van der Waals surface area contributed by atoms with Crippen LogP contribution in [0.4, 0.5) is 0 Å². The van der Waals surface area contributed by atoms with E-state index in [-0.39, 0.29) is 5.78 Å². The van der Waals surface area contributed by atoms with Crippen LogP contribution in [0.25, 0.3) is 0 Å². The first-order chi connectivity index (χ1) is 7.29. The van der Waals surface area contributed by atoms with Gasteiger partial charge in [-0.05, 0) is 0 Å². The summed E-state index contributed by atoms with van der Waals surface area (Å²) < 4.78 is 0.747. The zero-order chi connectivity index (χ0) is 10.7. The van der Waals surface area contributed by atoms with Crippen molar-refractivity contribution in [3.63, 3.8) is 0 Å². The SMILES string of the molecule is O=C(C(=[Se])N1CCCCC1)c1ccc[nH]1. The molecule has 1 aromatic heterocycles. The van der Waals surface area contributed by atoms with Gasteiger partial charge in [0.2, 0.25) is 0 Å². The van der Waals surface area contributed by atoms with Crippen molar-refractivity contribution in [1.29, 1.82) is 0 Å². The first kappa shape index (κ1) is 10.7. The topological polar surface area (TPSA) is 36.1 Å². The molecule has 0 aromatic carbocycles. The maximum atomic E-state index is 12.0. The first-order valence-electron chi connectivity index (χ1n) is 5.26. The van der Waals surface area contributed by atoms with Crippen LogP contribution in [0, 0.1) is 0 Å². The van der Waals surface area contributed by atoms with E-state index in [0.29, 0.717) is 5.69 Å². The van der Waals surface area contributed by atoms with Gasteiger partial charge in [0.25, 0.3) is 0 Å². The van der Waals surface area contributed by atoms with Gasteiger partial charge in [0.05, 0.1) is 0 Å². The number of H-pyrrole nitrogens is 1. The zero-order valence-electron chi connectivity index (χ0n) is 8.53. The molecule has 4 heteroatoms. The summed E-state index contributed by atoms with van der Waals surface area (Å²) in [5, 5.41) is 0. The summed E-state index contributed by atoms with van der Waals surface area (Å²) in [6, 6.07) is 3.65. The summed E-state index contributed by atoms with van der Waals surface area (Å²) >= 11 is 2.91. The Bertz CT molecular complexity index is 353. The molecular weight excluding hydrogens is 255 g/mol. The van der Waals surface area contributed by atoms with Crippen LogP contribution in [0.15, 0.2) is 18.3 Å². The Morgan fingerprint density at radius 3 is 2.67 bits per heavy atom. The van der Waals surface area contributed by atoms with Crippen LogP contribution >= 0.6 is 0 Å². The van der Waals surface area contributed by atoms with Gasteiger partial charge in [-0.3, -0.25) is 0 Å². The quantitative estimate of drug-likeness (QED) is 0.656. The van der Waals surface area contributed by atoms with Gasteiger partial charge in [-0.25, -0.2) is 0 Å². The molecule has 0 atom stereocenters. The van der Waals surface area contributed by atoms with E-state index >= 15 is 0 Å². The average molecular weight is 269 g/mol. The van der Waals surface area contributed by atoms with Crippen molar-refractivity contribution in [3.8, 4) is 0 Å². The second-order valence-corrected chi connectivity index (χ2v) is 4.58. The third-order valence-electron chi connectivity index (χ3n) is 2.68. The number of hydrogen-bond acceptors (Lipinski definition) is 2. The Kier molecular flexibility index (Phi) is 3.39. The van der Waals surface area contributed by atoms with Crippen molar-refractivity contribution in [2.24, 2.45) is 0 Å². The number of carbonyl (C=O) groups excluding carboxylic acids is 1. The van der Waals surface area contributed by atoms with E-state index < -0.39 is 0 Å². The van der Waals surface area contributed by atoms with Gasteiger partial charge >= 0.3 is 97.0 Å². The van der Waals surface area contributed by atoms with E-state index in [1.54, 1.807) is 6.20 Å². The van der Waals surface area contributed by atoms with Gasteiger partial charge in [0, 0.05) is 0 Å². The van der Waals surface area contributed by atoms with Crippen LogP contribution in [-0.2, 0) is 0 Å². The fourth-order valence-electron chi connectivity index (χ4n) is 1.83. The van der Waals surface area contributed by atoms with Gasteiger partial charge in [-0.1, -0.05) is 0 Å². The van der Waals surface area contributed by atoms with E-state index in [0.717, 1.165) is 17.6 Å². The number of piperidine rings is 1. The van der Waals surface area contributed by atoms with E-state index in [2.05, 4.69) is 25.5 Å². The summed E-state index contributed by atoms with van der Waals surface area (Å²) in [6.07, 6.45) is 5.42. The monoisotopic (exact) mass is 270 g/mol. The molecule has 0 radical (unpaired) electrons. The number of nitrogens with one attached hydrogen (secondary N) is 1. The van der Waals surface area contributed by atoms with E-state index in [1.807, 2.05) is 12.1 Å². The summed E-state index contributed by atoms with van der Waals surface area (Å²) in [5.74, 6) is 0.0712. The number of likely N-dealkylation sites (tertiary alicyclic amines) is 1. The Labute approximate surface area is 97.2 Å². The van der Waals surface area contributed by atoms with Crippen molar-refractivity contribution >= 4 is 25.9 Å². The number of hydrogen-bond donors (Lipinski definition) is 1. The van der Waals surface area contributed by atoms with Gasteiger partial charge in [0.15, 0.2) is 0 Å². The number of carbonyl (C=O) groups is 1. The Balaban J connectivity index is 2.04. The Morgan fingerprint density at radius 1 is 1.33 bits per heavy atom. The van der Waals surface area contributed by atoms with Crippen LogP contribution in [0.1, 0.15) is 29.8 Å². The molecule has 15 heavy (non-hydrogen) atoms. The van der Waals surface area contributed by atoms with Crippen LogP contribution in [0.5, 0.6) is 0 Å². The van der Waals surface area contributed by atoms with Crippen molar-refractivity contribution < 1.29 is 4.79 Å². The Morgan fingerprint density at radius 2 is 2.07 bits per heavy atom. The van der Waals surface area contributed by atoms with Crippen molar-refractivity contribution in [3.05, 3.63) is 24.0 Å². The minimum atomic E-state index is 0.0712. The van der Waals surface area contributed by atoms with Crippen LogP contribution < -0.4 is 0 Å². The van der Waals surface area contributed by atoms with Crippen LogP contribution in [0.2, 0.25) is 0 Å². The molecule has 1 aliphatic rings. The van der Waals surface area contributed by atoms with Crippen molar-refractivity contribution in [2.45, 2.75) is 19.3 Å². The maximum absolute atomic E-state index is 12.0. The zero-order valence-corrected chi connectivity index (χ0v) is 10.2. The fourth-order valence-corrected chi connectivity index (χ4v) is 2.44. The molecule has 80 valence electrons. The first-order valence-corrected chi connectivity index (χ1v) is 6.11. The summed E-state index contributed by atoms with van der Waals surface area (Å²) in [4.78, 5) is 17.0. The summed E-state index contributed by atoms with van der Waals surface area (Å²) in [5.41, 5.74) is 0.661. The third-order valence-corrected chi connectivity index (χ3v) is 3.61. The van der Waals surface area contributed by atoms with Gasteiger partial charge in [-0.2, -0.15) is 0 Å². The molecule has 1 aromatic rings. The molecule has 2 rings (SSSR count). The van der Waals surface area contributed by atoms with Gasteiger partial charge in [-0.15, -0.1) is 0 Å². The molecule has 1 fully saturated rings. The molecule has 1 saturated heterocycles. The number of aromatic nitrogens is 1. The molecule has 0 saturated carbocycles. The molecule has 0 bridgehead atoms. The molecule has 0 unspecified atom stereocenters. The van der Waals surface area contributed by atoms with Crippen LogP contribution in [0.3, 0.4) is 0 Å². The number of Topliss-reactive ketones (excluding diaryl/α,β-unsaturated/α-hetero) is 1. The van der Waals surface area contributed by atoms with E-state index in [4.69, 9.17) is 0 Å². The van der Waals surface area contributed by atoms with Crippen molar-refractivity contribution in [1.82, 2.24) is 9.88 Å². The Hall–Kier alpha value is -0.861. The van der Waals surface area contributed by atoms with Gasteiger partial charge < -0.3 is 0 Å². The predicted molar refractivity (Wildman–Crippen MR) is 61.3 cm³/mol. The van der Waals surface area contributed by atoms with E-state index in [9.17, 15) is 4.79 Å². The number of rotatable bonds is 3. The normalized spacial score (nSPS) is 16.4. The summed E-state index contributed by atoms with van der Waals surface area (Å²) in [7, 11) is 0. The molecule has 1 N–H and O–H groups in total. The number of nitrogens with zero attached hydrogens (tertiary/aromatic N) is 1. The predicted octanol–water partition coefficient (Wildman–Crippen LogP) is 0.982. The molecule has 0 amide bonds. The van der Waals surface area contributed by atoms with E-state index in [1.165, 1.54) is 19.3 Å². The standard InChI is InChI=1S/C11H14N2OSe/c14-10(9-5-4-6-12-9)11(15)13-7-2-1-3-8-13/h4-6,12H,1-3,7-8H2. The molecule has 0 aliphatic carbocycles. The second kappa shape index (κ2) is 4.77. The third kappa shape index (κ3) is 2.39. The molecule has 0 spiro atoms. The van der Waals surface area contributed by atoms with Crippen molar-refractivity contribution in [2.75, 3.05) is 13.1 Å². The number of ketones is 1. The second-order valence-electron chi connectivity index (χ2n) is 3.77. The van der Waals surface area contributed by atoms with Gasteiger partial charge in [0.1, 0.15) is 0 Å². The van der Waals surface area contributed by atoms with Crippen LogP contribution in [-0.4, -0.2) is 48.9 Å².